The lowest BCUT2D eigenvalue weighted by molar-refractivity contribution is -0.140. The summed E-state index contributed by atoms with van der Waals surface area (Å²) in [5.74, 6) is -0.629. The summed E-state index contributed by atoms with van der Waals surface area (Å²) >= 11 is 0. The molecular weight excluding hydrogens is 420 g/mol. The lowest BCUT2D eigenvalue weighted by atomic mass is 9.94. The van der Waals surface area contributed by atoms with E-state index in [4.69, 9.17) is 9.47 Å². The second-order valence-corrected chi connectivity index (χ2v) is 7.97. The van der Waals surface area contributed by atoms with Crippen LogP contribution in [0.15, 0.2) is 48.0 Å². The molecule has 1 N–H and O–H groups in total. The van der Waals surface area contributed by atoms with Crippen molar-refractivity contribution in [2.75, 3.05) is 40.4 Å². The van der Waals surface area contributed by atoms with Crippen LogP contribution in [0.3, 0.4) is 0 Å². The number of benzene rings is 2. The second-order valence-electron chi connectivity index (χ2n) is 7.97. The quantitative estimate of drug-likeness (QED) is 0.354. The summed E-state index contributed by atoms with van der Waals surface area (Å²) in [4.78, 5) is 30.1. The number of carbonyl (C=O) groups excluding carboxylic acids is 2. The highest BCUT2D eigenvalue weighted by Gasteiger charge is 2.47. The number of nitrogens with zero attached hydrogens (tertiary/aromatic N) is 2. The van der Waals surface area contributed by atoms with Gasteiger partial charge in [0.25, 0.3) is 11.7 Å². The van der Waals surface area contributed by atoms with Crippen molar-refractivity contribution in [1.82, 2.24) is 9.80 Å². The number of rotatable bonds is 9. The number of amides is 1. The topological polar surface area (TPSA) is 79.3 Å². The predicted octanol–water partition coefficient (Wildman–Crippen LogP) is 3.78. The SMILES string of the molecule is CCN(CC)CCN1C(=O)C(=O)/C(=C(/O)c2ccc(C)cc2)[C@H]1c1cccc(OC)c1OC. The average molecular weight is 453 g/mol. The normalized spacial score (nSPS) is 17.6. The third-order valence-electron chi connectivity index (χ3n) is 6.14. The van der Waals surface area contributed by atoms with Gasteiger partial charge in [0.2, 0.25) is 0 Å². The van der Waals surface area contributed by atoms with E-state index in [1.165, 1.54) is 19.1 Å². The Morgan fingerprint density at radius 1 is 1.03 bits per heavy atom. The van der Waals surface area contributed by atoms with Crippen LogP contribution in [0.2, 0.25) is 0 Å². The highest BCUT2D eigenvalue weighted by Crippen LogP contribution is 2.45. The van der Waals surface area contributed by atoms with Crippen molar-refractivity contribution in [3.8, 4) is 11.5 Å². The van der Waals surface area contributed by atoms with Gasteiger partial charge in [0, 0.05) is 24.2 Å². The van der Waals surface area contributed by atoms with Crippen LogP contribution in [0.4, 0.5) is 0 Å². The molecule has 176 valence electrons. The number of likely N-dealkylation sites (N-methyl/N-ethyl adjacent to an activating group) is 1. The minimum Gasteiger partial charge on any atom is -0.507 e. The van der Waals surface area contributed by atoms with Crippen molar-refractivity contribution < 1.29 is 24.2 Å². The number of likely N-dealkylation sites (tertiary alicyclic amines) is 1. The second kappa shape index (κ2) is 10.5. The Kier molecular flexibility index (Phi) is 7.76. The number of aliphatic hydroxyl groups excluding tert-OH is 1. The van der Waals surface area contributed by atoms with Gasteiger partial charge in [0.05, 0.1) is 25.8 Å². The van der Waals surface area contributed by atoms with Crippen molar-refractivity contribution in [1.29, 1.82) is 0 Å². The molecule has 1 amide bonds. The van der Waals surface area contributed by atoms with Gasteiger partial charge in [0.1, 0.15) is 5.76 Å². The summed E-state index contributed by atoms with van der Waals surface area (Å²) in [7, 11) is 3.05. The van der Waals surface area contributed by atoms with Crippen molar-refractivity contribution in [3.63, 3.8) is 0 Å². The van der Waals surface area contributed by atoms with Crippen LogP contribution < -0.4 is 9.47 Å². The van der Waals surface area contributed by atoms with E-state index in [1.807, 2.05) is 19.1 Å². The zero-order valence-electron chi connectivity index (χ0n) is 19.9. The summed E-state index contributed by atoms with van der Waals surface area (Å²) in [5, 5.41) is 11.2. The number of ketones is 1. The molecule has 1 aliphatic heterocycles. The maximum Gasteiger partial charge on any atom is 0.295 e. The van der Waals surface area contributed by atoms with Crippen molar-refractivity contribution >= 4 is 17.4 Å². The fourth-order valence-electron chi connectivity index (χ4n) is 4.22. The summed E-state index contributed by atoms with van der Waals surface area (Å²) in [6.07, 6.45) is 0. The van der Waals surface area contributed by atoms with E-state index in [9.17, 15) is 14.7 Å². The molecule has 1 fully saturated rings. The van der Waals surface area contributed by atoms with Gasteiger partial charge in [-0.25, -0.2) is 0 Å². The van der Waals surface area contributed by atoms with Crippen LogP contribution in [-0.2, 0) is 9.59 Å². The van der Waals surface area contributed by atoms with Crippen LogP contribution in [0.5, 0.6) is 11.5 Å². The number of methoxy groups -OCH3 is 2. The smallest absolute Gasteiger partial charge is 0.295 e. The van der Waals surface area contributed by atoms with E-state index in [1.54, 1.807) is 30.3 Å². The lowest BCUT2D eigenvalue weighted by Crippen LogP contribution is -2.38. The van der Waals surface area contributed by atoms with E-state index in [-0.39, 0.29) is 11.3 Å². The minimum atomic E-state index is -0.799. The van der Waals surface area contributed by atoms with Crippen molar-refractivity contribution in [2.24, 2.45) is 0 Å². The Labute approximate surface area is 195 Å². The summed E-state index contributed by atoms with van der Waals surface area (Å²) in [6.45, 7) is 8.65. The van der Waals surface area contributed by atoms with Gasteiger partial charge in [-0.05, 0) is 26.1 Å². The Bertz CT molecular complexity index is 1040. The first-order chi connectivity index (χ1) is 15.9. The minimum absolute atomic E-state index is 0.0509. The largest absolute Gasteiger partial charge is 0.507 e. The number of hydrogen-bond donors (Lipinski definition) is 1. The Balaban J connectivity index is 2.19. The first kappa shape index (κ1) is 24.3. The molecule has 0 aliphatic carbocycles. The molecule has 2 aromatic rings. The van der Waals surface area contributed by atoms with Gasteiger partial charge in [-0.1, -0.05) is 55.8 Å². The maximum absolute atomic E-state index is 13.2. The molecule has 7 heteroatoms. The van der Waals surface area contributed by atoms with E-state index in [0.29, 0.717) is 35.7 Å². The molecule has 0 unspecified atom stereocenters. The number of para-hydroxylation sites is 1. The predicted molar refractivity (Wildman–Crippen MR) is 128 cm³/mol. The first-order valence-corrected chi connectivity index (χ1v) is 11.2. The highest BCUT2D eigenvalue weighted by atomic mass is 16.5. The van der Waals surface area contributed by atoms with E-state index in [2.05, 4.69) is 18.7 Å². The van der Waals surface area contributed by atoms with Crippen molar-refractivity contribution in [3.05, 3.63) is 64.7 Å². The summed E-state index contributed by atoms with van der Waals surface area (Å²) < 4.78 is 11.1. The van der Waals surface area contributed by atoms with Gasteiger partial charge < -0.3 is 24.4 Å². The molecule has 7 nitrogen and oxygen atoms in total. The molecule has 0 aromatic heterocycles. The molecule has 1 heterocycles. The van der Waals surface area contributed by atoms with Crippen LogP contribution in [0.25, 0.3) is 5.76 Å². The Morgan fingerprint density at radius 3 is 2.27 bits per heavy atom. The third kappa shape index (κ3) is 4.73. The Morgan fingerprint density at radius 2 is 1.70 bits per heavy atom. The molecule has 1 atom stereocenters. The van der Waals surface area contributed by atoms with Gasteiger partial charge >= 0.3 is 0 Å². The summed E-state index contributed by atoms with van der Waals surface area (Å²) in [5.41, 5.74) is 2.14. The molecule has 0 radical (unpaired) electrons. The molecular formula is C26H32N2O5. The molecule has 2 aromatic carbocycles. The maximum atomic E-state index is 13.2. The zero-order chi connectivity index (χ0) is 24.1. The van der Waals surface area contributed by atoms with Gasteiger partial charge in [0.15, 0.2) is 11.5 Å². The number of aliphatic hydroxyl groups is 1. The monoisotopic (exact) mass is 452 g/mol. The number of ether oxygens (including phenoxy) is 2. The first-order valence-electron chi connectivity index (χ1n) is 11.2. The summed E-state index contributed by atoms with van der Waals surface area (Å²) in [6, 6.07) is 11.7. The molecule has 1 saturated heterocycles. The lowest BCUT2D eigenvalue weighted by Gasteiger charge is -2.29. The standard InChI is InChI=1S/C26H32N2O5/c1-6-27(7-2)15-16-28-22(19-9-8-10-20(32-4)25(19)33-5)21(24(30)26(28)31)23(29)18-13-11-17(3)12-14-18/h8-14,22,29H,6-7,15-16H2,1-5H3/b23-21+/t22-/m1/s1. The number of carbonyl (C=O) groups is 2. The number of hydrogen-bond acceptors (Lipinski definition) is 6. The van der Waals surface area contributed by atoms with Crippen LogP contribution >= 0.6 is 0 Å². The zero-order valence-corrected chi connectivity index (χ0v) is 19.9. The average Bonchev–Trinajstić information content (AvgIpc) is 3.08. The highest BCUT2D eigenvalue weighted by molar-refractivity contribution is 6.46. The van der Waals surface area contributed by atoms with Crippen LogP contribution in [-0.4, -0.2) is 67.0 Å². The van der Waals surface area contributed by atoms with E-state index in [0.717, 1.165) is 18.7 Å². The molecule has 33 heavy (non-hydrogen) atoms. The molecule has 0 bridgehead atoms. The van der Waals surface area contributed by atoms with Crippen LogP contribution in [0, 0.1) is 6.92 Å². The van der Waals surface area contributed by atoms with E-state index < -0.39 is 17.7 Å². The van der Waals surface area contributed by atoms with Crippen LogP contribution in [0.1, 0.15) is 36.6 Å². The molecule has 3 rings (SSSR count). The molecule has 1 aliphatic rings. The third-order valence-corrected chi connectivity index (χ3v) is 6.14. The number of Topliss-reactive ketones (excluding diaryl/α,β-unsaturated/α-hetero) is 1. The number of aryl methyl sites for hydroxylation is 1. The Hall–Kier alpha value is -3.32. The van der Waals surface area contributed by atoms with Gasteiger partial charge in [-0.15, -0.1) is 0 Å². The fraction of sp³-hybridized carbons (Fsp3) is 0.385. The van der Waals surface area contributed by atoms with E-state index >= 15 is 0 Å². The van der Waals surface area contributed by atoms with Gasteiger partial charge in [-0.2, -0.15) is 0 Å². The molecule has 0 saturated carbocycles. The van der Waals surface area contributed by atoms with Gasteiger partial charge in [-0.3, -0.25) is 9.59 Å². The van der Waals surface area contributed by atoms with Crippen molar-refractivity contribution in [2.45, 2.75) is 26.8 Å². The fourth-order valence-corrected chi connectivity index (χ4v) is 4.22. The molecule has 0 spiro atoms.